The number of rotatable bonds is 4. The molecule has 124 valence electrons. The van der Waals surface area contributed by atoms with Crippen LogP contribution in [0.5, 0.6) is 5.75 Å². The molecular weight excluding hydrogens is 328 g/mol. The van der Waals surface area contributed by atoms with Gasteiger partial charge in [0, 0.05) is 22.0 Å². The number of aromatic nitrogens is 1. The average molecular weight is 346 g/mol. The molecule has 0 spiro atoms. The maximum Gasteiger partial charge on any atom is 0.187 e. The summed E-state index contributed by atoms with van der Waals surface area (Å²) in [6, 6.07) is 20.8. The van der Waals surface area contributed by atoms with Crippen molar-refractivity contribution in [3.8, 4) is 17.0 Å². The van der Waals surface area contributed by atoms with Gasteiger partial charge in [-0.05, 0) is 42.1 Å². The molecule has 0 atom stereocenters. The molecule has 1 heterocycles. The third-order valence-corrected chi connectivity index (χ3v) is 4.98. The van der Waals surface area contributed by atoms with E-state index < -0.39 is 0 Å². The summed E-state index contributed by atoms with van der Waals surface area (Å²) >= 11 is 1.61. The third-order valence-electron chi connectivity index (χ3n) is 4.23. The van der Waals surface area contributed by atoms with Crippen LogP contribution in [0.2, 0.25) is 0 Å². The maximum atomic E-state index is 5.33. The summed E-state index contributed by atoms with van der Waals surface area (Å²) in [5, 5.41) is 8.84. The van der Waals surface area contributed by atoms with Gasteiger partial charge < -0.3 is 10.1 Å². The largest absolute Gasteiger partial charge is 0.496 e. The number of methoxy groups -OCH3 is 1. The first kappa shape index (κ1) is 15.7. The zero-order chi connectivity index (χ0) is 17.2. The second-order valence-electron chi connectivity index (χ2n) is 5.87. The number of ether oxygens (including phenoxy) is 1. The summed E-state index contributed by atoms with van der Waals surface area (Å²) in [7, 11) is 1.69. The number of fused-ring (bicyclic) bond motifs is 1. The molecule has 1 aromatic heterocycles. The highest BCUT2D eigenvalue weighted by atomic mass is 32.1. The van der Waals surface area contributed by atoms with Gasteiger partial charge in [-0.1, -0.05) is 36.4 Å². The van der Waals surface area contributed by atoms with E-state index in [4.69, 9.17) is 9.72 Å². The summed E-state index contributed by atoms with van der Waals surface area (Å²) in [6.07, 6.45) is 0. The molecule has 0 unspecified atom stereocenters. The fourth-order valence-electron chi connectivity index (χ4n) is 2.95. The quantitative estimate of drug-likeness (QED) is 0.490. The van der Waals surface area contributed by atoms with Crippen molar-refractivity contribution in [3.05, 3.63) is 71.6 Å². The van der Waals surface area contributed by atoms with Crippen LogP contribution in [0.25, 0.3) is 22.0 Å². The predicted molar refractivity (Wildman–Crippen MR) is 106 cm³/mol. The van der Waals surface area contributed by atoms with E-state index in [0.717, 1.165) is 33.4 Å². The van der Waals surface area contributed by atoms with Crippen LogP contribution in [0.4, 0.5) is 10.8 Å². The van der Waals surface area contributed by atoms with Gasteiger partial charge in [0.15, 0.2) is 5.13 Å². The maximum absolute atomic E-state index is 5.33. The van der Waals surface area contributed by atoms with Gasteiger partial charge in [0.2, 0.25) is 0 Å². The molecule has 0 aliphatic heterocycles. The lowest BCUT2D eigenvalue weighted by atomic mass is 10.1. The predicted octanol–water partition coefficient (Wildman–Crippen LogP) is 6.02. The van der Waals surface area contributed by atoms with Crippen LogP contribution in [0, 0.1) is 6.92 Å². The highest BCUT2D eigenvalue weighted by molar-refractivity contribution is 7.14. The molecule has 0 saturated carbocycles. The Hall–Kier alpha value is -2.85. The SMILES string of the molecule is COc1ccc(-c2csc(Nc3cccc4ccccc34)n2)cc1C. The Morgan fingerprint density at radius 3 is 2.68 bits per heavy atom. The summed E-state index contributed by atoms with van der Waals surface area (Å²) in [6.45, 7) is 2.05. The van der Waals surface area contributed by atoms with Gasteiger partial charge in [-0.3, -0.25) is 0 Å². The van der Waals surface area contributed by atoms with Crippen molar-refractivity contribution in [2.75, 3.05) is 12.4 Å². The monoisotopic (exact) mass is 346 g/mol. The van der Waals surface area contributed by atoms with Crippen LogP contribution in [0.3, 0.4) is 0 Å². The molecule has 4 rings (SSSR count). The fraction of sp³-hybridized carbons (Fsp3) is 0.0952. The minimum Gasteiger partial charge on any atom is -0.496 e. The summed E-state index contributed by atoms with van der Waals surface area (Å²) in [5.74, 6) is 0.896. The van der Waals surface area contributed by atoms with E-state index in [1.54, 1.807) is 18.4 Å². The highest BCUT2D eigenvalue weighted by Gasteiger charge is 2.08. The number of hydrogen-bond acceptors (Lipinski definition) is 4. The van der Waals surface area contributed by atoms with Gasteiger partial charge >= 0.3 is 0 Å². The first-order valence-electron chi connectivity index (χ1n) is 8.10. The lowest BCUT2D eigenvalue weighted by Gasteiger charge is -2.07. The van der Waals surface area contributed by atoms with E-state index in [1.165, 1.54) is 10.8 Å². The van der Waals surface area contributed by atoms with E-state index in [-0.39, 0.29) is 0 Å². The molecule has 0 fully saturated rings. The number of thiazole rings is 1. The number of nitrogens with zero attached hydrogens (tertiary/aromatic N) is 1. The Morgan fingerprint density at radius 2 is 1.84 bits per heavy atom. The molecule has 4 aromatic rings. The summed E-state index contributed by atoms with van der Waals surface area (Å²) < 4.78 is 5.33. The van der Waals surface area contributed by atoms with Gasteiger partial charge in [-0.25, -0.2) is 4.98 Å². The Labute approximate surface area is 150 Å². The van der Waals surface area contributed by atoms with Crippen LogP contribution >= 0.6 is 11.3 Å². The molecule has 0 radical (unpaired) electrons. The minimum atomic E-state index is 0.889. The van der Waals surface area contributed by atoms with Crippen molar-refractivity contribution in [1.29, 1.82) is 0 Å². The molecule has 0 aliphatic rings. The van der Waals surface area contributed by atoms with Crippen LogP contribution in [-0.4, -0.2) is 12.1 Å². The smallest absolute Gasteiger partial charge is 0.187 e. The third kappa shape index (κ3) is 3.08. The Balaban J connectivity index is 1.64. The standard InChI is InChI=1S/C21H18N2OS/c1-14-12-16(10-11-20(14)24-2)19-13-25-21(23-19)22-18-9-5-7-15-6-3-4-8-17(15)18/h3-13H,1-2H3,(H,22,23). The number of aryl methyl sites for hydroxylation is 1. The van der Waals surface area contributed by atoms with E-state index in [9.17, 15) is 0 Å². The molecule has 4 heteroatoms. The Kier molecular flexibility index (Phi) is 4.12. The molecule has 0 amide bonds. The molecule has 1 N–H and O–H groups in total. The minimum absolute atomic E-state index is 0.889. The lowest BCUT2D eigenvalue weighted by molar-refractivity contribution is 0.412. The fourth-order valence-corrected chi connectivity index (χ4v) is 3.68. The molecule has 3 aromatic carbocycles. The summed E-state index contributed by atoms with van der Waals surface area (Å²) in [4.78, 5) is 4.75. The van der Waals surface area contributed by atoms with Crippen molar-refractivity contribution >= 4 is 32.9 Å². The highest BCUT2D eigenvalue weighted by Crippen LogP contribution is 2.32. The molecule has 0 bridgehead atoms. The van der Waals surface area contributed by atoms with Crippen LogP contribution in [-0.2, 0) is 0 Å². The zero-order valence-corrected chi connectivity index (χ0v) is 14.9. The molecule has 25 heavy (non-hydrogen) atoms. The number of benzene rings is 3. The lowest BCUT2D eigenvalue weighted by Crippen LogP contribution is -1.91. The zero-order valence-electron chi connectivity index (χ0n) is 14.1. The molecule has 0 saturated heterocycles. The number of hydrogen-bond donors (Lipinski definition) is 1. The second kappa shape index (κ2) is 6.57. The van der Waals surface area contributed by atoms with Crippen molar-refractivity contribution in [2.24, 2.45) is 0 Å². The van der Waals surface area contributed by atoms with Crippen LogP contribution < -0.4 is 10.1 Å². The Bertz CT molecular complexity index is 1030. The van der Waals surface area contributed by atoms with Gasteiger partial charge in [0.05, 0.1) is 12.8 Å². The van der Waals surface area contributed by atoms with E-state index in [2.05, 4.69) is 59.2 Å². The average Bonchev–Trinajstić information content (AvgIpc) is 3.10. The first-order valence-corrected chi connectivity index (χ1v) is 8.98. The van der Waals surface area contributed by atoms with E-state index in [1.807, 2.05) is 19.1 Å². The van der Waals surface area contributed by atoms with Gasteiger partial charge in [0.1, 0.15) is 5.75 Å². The summed E-state index contributed by atoms with van der Waals surface area (Å²) in [5.41, 5.74) is 4.25. The molecule has 0 aliphatic carbocycles. The number of nitrogens with one attached hydrogen (secondary N) is 1. The van der Waals surface area contributed by atoms with E-state index in [0.29, 0.717) is 0 Å². The van der Waals surface area contributed by atoms with E-state index >= 15 is 0 Å². The Morgan fingerprint density at radius 1 is 1.00 bits per heavy atom. The van der Waals surface area contributed by atoms with Crippen molar-refractivity contribution in [2.45, 2.75) is 6.92 Å². The van der Waals surface area contributed by atoms with Crippen molar-refractivity contribution in [1.82, 2.24) is 4.98 Å². The van der Waals surface area contributed by atoms with Gasteiger partial charge in [-0.15, -0.1) is 11.3 Å². The molecule has 3 nitrogen and oxygen atoms in total. The molecular formula is C21H18N2OS. The second-order valence-corrected chi connectivity index (χ2v) is 6.73. The number of anilines is 2. The van der Waals surface area contributed by atoms with Crippen LogP contribution in [0.15, 0.2) is 66.0 Å². The van der Waals surface area contributed by atoms with Gasteiger partial charge in [0.25, 0.3) is 0 Å². The van der Waals surface area contributed by atoms with Gasteiger partial charge in [-0.2, -0.15) is 0 Å². The normalized spacial score (nSPS) is 10.8. The van der Waals surface area contributed by atoms with Crippen molar-refractivity contribution < 1.29 is 4.74 Å². The topological polar surface area (TPSA) is 34.1 Å². The van der Waals surface area contributed by atoms with Crippen LogP contribution in [0.1, 0.15) is 5.56 Å². The first-order chi connectivity index (χ1) is 12.2. The van der Waals surface area contributed by atoms with Crippen molar-refractivity contribution in [3.63, 3.8) is 0 Å².